The number of hydrogen-bond acceptors (Lipinski definition) is 2. The maximum atomic E-state index is 11.7. The second kappa shape index (κ2) is 4.74. The van der Waals surface area contributed by atoms with E-state index in [-0.39, 0.29) is 5.91 Å². The molecular weight excluding hydrogens is 202 g/mol. The number of carbonyl (C=O) groups is 1. The molecule has 0 aromatic heterocycles. The zero-order valence-corrected chi connectivity index (χ0v) is 10.2. The molecule has 2 N–H and O–H groups in total. The van der Waals surface area contributed by atoms with Crippen molar-refractivity contribution in [2.24, 2.45) is 5.92 Å². The van der Waals surface area contributed by atoms with E-state index in [2.05, 4.69) is 12.2 Å². The maximum Gasteiger partial charge on any atom is 0.223 e. The van der Waals surface area contributed by atoms with Gasteiger partial charge in [0.05, 0.1) is 12.0 Å². The highest BCUT2D eigenvalue weighted by atomic mass is 16.3. The largest absolute Gasteiger partial charge is 0.389 e. The van der Waals surface area contributed by atoms with Crippen molar-refractivity contribution in [3.05, 3.63) is 0 Å². The van der Waals surface area contributed by atoms with E-state index < -0.39 is 5.60 Å². The third-order valence-electron chi connectivity index (χ3n) is 3.95. The summed E-state index contributed by atoms with van der Waals surface area (Å²) in [5, 5.41) is 13.1. The van der Waals surface area contributed by atoms with Crippen molar-refractivity contribution in [2.45, 2.75) is 69.9 Å². The second-order valence-electron chi connectivity index (χ2n) is 5.57. The van der Waals surface area contributed by atoms with Gasteiger partial charge in [0.1, 0.15) is 0 Å². The van der Waals surface area contributed by atoms with E-state index >= 15 is 0 Å². The molecule has 3 nitrogen and oxygen atoms in total. The first-order valence-corrected chi connectivity index (χ1v) is 6.65. The van der Waals surface area contributed by atoms with Crippen molar-refractivity contribution in [1.29, 1.82) is 0 Å². The van der Waals surface area contributed by atoms with E-state index in [9.17, 15) is 9.90 Å². The molecule has 0 radical (unpaired) electrons. The van der Waals surface area contributed by atoms with Crippen LogP contribution < -0.4 is 5.32 Å². The van der Waals surface area contributed by atoms with Gasteiger partial charge in [-0.25, -0.2) is 0 Å². The van der Waals surface area contributed by atoms with Crippen molar-refractivity contribution >= 4 is 5.91 Å². The Hall–Kier alpha value is -0.570. The fraction of sp³-hybridized carbons (Fsp3) is 0.923. The first kappa shape index (κ1) is 11.9. The zero-order chi connectivity index (χ0) is 11.6. The van der Waals surface area contributed by atoms with Crippen LogP contribution in [0.2, 0.25) is 0 Å². The molecule has 16 heavy (non-hydrogen) atoms. The van der Waals surface area contributed by atoms with Gasteiger partial charge >= 0.3 is 0 Å². The van der Waals surface area contributed by atoms with Crippen LogP contribution in [0.1, 0.15) is 58.3 Å². The Kier molecular flexibility index (Phi) is 3.53. The van der Waals surface area contributed by atoms with E-state index in [0.717, 1.165) is 32.1 Å². The van der Waals surface area contributed by atoms with Crippen LogP contribution >= 0.6 is 0 Å². The highest BCUT2D eigenvalue weighted by Gasteiger charge is 2.39. The summed E-state index contributed by atoms with van der Waals surface area (Å²) in [5.74, 6) is 0.750. The standard InChI is InChI=1S/C13H23NO2/c1-2-5-10-8-11(10)14-12(15)9-13(16)6-3-4-7-13/h10-11,16H,2-9H2,1H3,(H,14,15). The summed E-state index contributed by atoms with van der Waals surface area (Å²) in [5.41, 5.74) is -0.695. The van der Waals surface area contributed by atoms with Crippen LogP contribution in [0.15, 0.2) is 0 Å². The summed E-state index contributed by atoms with van der Waals surface area (Å²) in [4.78, 5) is 11.7. The van der Waals surface area contributed by atoms with Gasteiger partial charge in [0.2, 0.25) is 5.91 Å². The van der Waals surface area contributed by atoms with E-state index in [4.69, 9.17) is 0 Å². The van der Waals surface area contributed by atoms with Crippen molar-refractivity contribution in [3.8, 4) is 0 Å². The van der Waals surface area contributed by atoms with E-state index in [0.29, 0.717) is 18.4 Å². The number of amides is 1. The molecule has 2 unspecified atom stereocenters. The van der Waals surface area contributed by atoms with Gasteiger partial charge in [-0.15, -0.1) is 0 Å². The number of hydrogen-bond donors (Lipinski definition) is 2. The molecule has 0 bridgehead atoms. The molecule has 0 aromatic carbocycles. The highest BCUT2D eigenvalue weighted by molar-refractivity contribution is 5.77. The fourth-order valence-corrected chi connectivity index (χ4v) is 2.88. The lowest BCUT2D eigenvalue weighted by Gasteiger charge is -2.21. The van der Waals surface area contributed by atoms with Crippen LogP contribution in [0.25, 0.3) is 0 Å². The monoisotopic (exact) mass is 225 g/mol. The predicted octanol–water partition coefficient (Wildman–Crippen LogP) is 1.99. The summed E-state index contributed by atoms with van der Waals surface area (Å²) in [6.07, 6.45) is 7.57. The SMILES string of the molecule is CCCC1CC1NC(=O)CC1(O)CCCC1. The minimum atomic E-state index is -0.695. The molecule has 2 saturated carbocycles. The normalized spacial score (nSPS) is 31.4. The number of carbonyl (C=O) groups excluding carboxylic acids is 1. The molecule has 2 fully saturated rings. The molecule has 92 valence electrons. The molecule has 2 atom stereocenters. The summed E-state index contributed by atoms with van der Waals surface area (Å²) in [7, 11) is 0. The van der Waals surface area contributed by atoms with Gasteiger partial charge in [-0.05, 0) is 31.6 Å². The second-order valence-corrected chi connectivity index (χ2v) is 5.57. The van der Waals surface area contributed by atoms with Crippen molar-refractivity contribution in [1.82, 2.24) is 5.32 Å². The van der Waals surface area contributed by atoms with Crippen LogP contribution in [0.3, 0.4) is 0 Å². The van der Waals surface area contributed by atoms with Gasteiger partial charge in [-0.2, -0.15) is 0 Å². The molecule has 0 aromatic rings. The molecule has 2 aliphatic carbocycles. The van der Waals surface area contributed by atoms with Crippen LogP contribution in [0.4, 0.5) is 0 Å². The Balaban J connectivity index is 1.69. The molecule has 3 heteroatoms. The predicted molar refractivity (Wildman–Crippen MR) is 63.0 cm³/mol. The quantitative estimate of drug-likeness (QED) is 0.751. The van der Waals surface area contributed by atoms with Gasteiger partial charge in [-0.1, -0.05) is 26.2 Å². The summed E-state index contributed by atoms with van der Waals surface area (Å²) in [6, 6.07) is 0.400. The third kappa shape index (κ3) is 2.97. The number of aliphatic hydroxyl groups is 1. The highest BCUT2D eigenvalue weighted by Crippen LogP contribution is 2.36. The third-order valence-corrected chi connectivity index (χ3v) is 3.95. The Labute approximate surface area is 97.6 Å². The lowest BCUT2D eigenvalue weighted by atomic mass is 9.98. The zero-order valence-electron chi connectivity index (χ0n) is 10.2. The lowest BCUT2D eigenvalue weighted by Crippen LogP contribution is -2.36. The van der Waals surface area contributed by atoms with Gasteiger partial charge in [0.15, 0.2) is 0 Å². The lowest BCUT2D eigenvalue weighted by molar-refractivity contribution is -0.126. The van der Waals surface area contributed by atoms with Gasteiger partial charge in [0.25, 0.3) is 0 Å². The van der Waals surface area contributed by atoms with E-state index in [1.807, 2.05) is 0 Å². The van der Waals surface area contributed by atoms with Gasteiger partial charge in [-0.3, -0.25) is 4.79 Å². The van der Waals surface area contributed by atoms with E-state index in [1.54, 1.807) is 0 Å². The average Bonchev–Trinajstić information content (AvgIpc) is 2.76. The molecular formula is C13H23NO2. The topological polar surface area (TPSA) is 49.3 Å². The van der Waals surface area contributed by atoms with Crippen LogP contribution in [-0.4, -0.2) is 22.7 Å². The van der Waals surface area contributed by atoms with Crippen molar-refractivity contribution in [3.63, 3.8) is 0 Å². The number of nitrogens with one attached hydrogen (secondary N) is 1. The minimum absolute atomic E-state index is 0.0491. The Morgan fingerprint density at radius 2 is 2.12 bits per heavy atom. The first-order valence-electron chi connectivity index (χ1n) is 6.65. The summed E-state index contributed by atoms with van der Waals surface area (Å²) >= 11 is 0. The van der Waals surface area contributed by atoms with Crippen LogP contribution in [-0.2, 0) is 4.79 Å². The van der Waals surface area contributed by atoms with Crippen molar-refractivity contribution in [2.75, 3.05) is 0 Å². The van der Waals surface area contributed by atoms with Crippen molar-refractivity contribution < 1.29 is 9.90 Å². The Bertz CT molecular complexity index is 259. The molecule has 0 aliphatic heterocycles. The molecule has 0 heterocycles. The smallest absolute Gasteiger partial charge is 0.223 e. The molecule has 2 aliphatic rings. The maximum absolute atomic E-state index is 11.7. The minimum Gasteiger partial charge on any atom is -0.389 e. The molecule has 1 amide bonds. The molecule has 0 saturated heterocycles. The first-order chi connectivity index (χ1) is 7.63. The number of rotatable bonds is 5. The molecule has 0 spiro atoms. The van der Waals surface area contributed by atoms with Gasteiger partial charge in [0, 0.05) is 6.04 Å². The summed E-state index contributed by atoms with van der Waals surface area (Å²) in [6.45, 7) is 2.18. The Morgan fingerprint density at radius 1 is 1.44 bits per heavy atom. The summed E-state index contributed by atoms with van der Waals surface area (Å²) < 4.78 is 0. The average molecular weight is 225 g/mol. The van der Waals surface area contributed by atoms with Crippen LogP contribution in [0, 0.1) is 5.92 Å². The van der Waals surface area contributed by atoms with Gasteiger partial charge < -0.3 is 10.4 Å². The van der Waals surface area contributed by atoms with Crippen LogP contribution in [0.5, 0.6) is 0 Å². The Morgan fingerprint density at radius 3 is 2.75 bits per heavy atom. The van der Waals surface area contributed by atoms with E-state index in [1.165, 1.54) is 12.8 Å². The fourth-order valence-electron chi connectivity index (χ4n) is 2.88. The molecule has 2 rings (SSSR count).